The molecule has 1 atom stereocenters. The molecule has 2 aromatic heterocycles. The van der Waals surface area contributed by atoms with E-state index in [0.29, 0.717) is 6.04 Å². The molecule has 1 fully saturated rings. The SMILES string of the molecule is CCc1nn(C)c2c1[nH]c(=S)n2C(C)C1CCCC1. The van der Waals surface area contributed by atoms with Crippen LogP contribution < -0.4 is 0 Å². The molecule has 0 aromatic carbocycles. The third kappa shape index (κ3) is 1.95. The lowest BCUT2D eigenvalue weighted by atomic mass is 10.00. The summed E-state index contributed by atoms with van der Waals surface area (Å²) in [4.78, 5) is 3.37. The van der Waals surface area contributed by atoms with Crippen molar-refractivity contribution in [2.75, 3.05) is 0 Å². The van der Waals surface area contributed by atoms with E-state index in [0.717, 1.165) is 34.0 Å². The number of fused-ring (bicyclic) bond motifs is 1. The fourth-order valence-electron chi connectivity index (χ4n) is 3.51. The first-order valence-electron chi connectivity index (χ1n) is 7.29. The van der Waals surface area contributed by atoms with Gasteiger partial charge in [0.1, 0.15) is 5.52 Å². The Hall–Kier alpha value is -1.10. The average Bonchev–Trinajstić information content (AvgIpc) is 3.06. The van der Waals surface area contributed by atoms with Crippen LogP contribution in [0.5, 0.6) is 0 Å². The van der Waals surface area contributed by atoms with Gasteiger partial charge in [-0.15, -0.1) is 0 Å². The molecule has 0 spiro atoms. The number of nitrogens with zero attached hydrogens (tertiary/aromatic N) is 3. The summed E-state index contributed by atoms with van der Waals surface area (Å²) in [5.74, 6) is 0.755. The first kappa shape index (κ1) is 12.9. The normalized spacial score (nSPS) is 18.5. The smallest absolute Gasteiger partial charge is 0.179 e. The highest BCUT2D eigenvalue weighted by Gasteiger charge is 2.26. The second kappa shape index (κ2) is 4.78. The van der Waals surface area contributed by atoms with E-state index in [4.69, 9.17) is 12.2 Å². The molecular weight excluding hydrogens is 256 g/mol. The van der Waals surface area contributed by atoms with Gasteiger partial charge < -0.3 is 4.98 Å². The summed E-state index contributed by atoms with van der Waals surface area (Å²) in [6, 6.07) is 0.462. The third-order valence-electron chi connectivity index (χ3n) is 4.59. The zero-order valence-corrected chi connectivity index (χ0v) is 12.8. The van der Waals surface area contributed by atoms with E-state index in [9.17, 15) is 0 Å². The Morgan fingerprint density at radius 1 is 1.42 bits per heavy atom. The van der Waals surface area contributed by atoms with Gasteiger partial charge in [-0.3, -0.25) is 9.25 Å². The molecule has 1 unspecified atom stereocenters. The van der Waals surface area contributed by atoms with Crippen molar-refractivity contribution < 1.29 is 0 Å². The number of H-pyrrole nitrogens is 1. The van der Waals surface area contributed by atoms with Crippen LogP contribution in [0.1, 0.15) is 51.3 Å². The topological polar surface area (TPSA) is 38.5 Å². The van der Waals surface area contributed by atoms with Crippen LogP contribution in [0.25, 0.3) is 11.2 Å². The van der Waals surface area contributed by atoms with Crippen LogP contribution in [0.3, 0.4) is 0 Å². The van der Waals surface area contributed by atoms with E-state index in [1.165, 1.54) is 25.7 Å². The maximum atomic E-state index is 5.55. The second-order valence-electron chi connectivity index (χ2n) is 5.71. The minimum absolute atomic E-state index is 0.462. The number of hydrogen-bond donors (Lipinski definition) is 1. The standard InChI is InChI=1S/C14H22N4S/c1-4-11-12-13(17(3)16-11)18(14(19)15-12)9(2)10-7-5-6-8-10/h9-10H,4-8H2,1-3H3,(H,15,19). The molecule has 1 saturated carbocycles. The lowest BCUT2D eigenvalue weighted by molar-refractivity contribution is 0.361. The predicted octanol–water partition coefficient (Wildman–Crippen LogP) is 3.75. The molecule has 5 heteroatoms. The van der Waals surface area contributed by atoms with Gasteiger partial charge in [-0.1, -0.05) is 19.8 Å². The van der Waals surface area contributed by atoms with Crippen LogP contribution in [0.4, 0.5) is 0 Å². The Morgan fingerprint density at radius 2 is 2.11 bits per heavy atom. The molecule has 0 radical (unpaired) electrons. The van der Waals surface area contributed by atoms with Crippen molar-refractivity contribution in [2.45, 2.75) is 52.0 Å². The maximum absolute atomic E-state index is 5.55. The van der Waals surface area contributed by atoms with Crippen molar-refractivity contribution in [2.24, 2.45) is 13.0 Å². The molecule has 1 aliphatic rings. The first-order chi connectivity index (χ1) is 9.13. The highest BCUT2D eigenvalue weighted by molar-refractivity contribution is 7.71. The molecule has 0 bridgehead atoms. The number of aromatic nitrogens is 4. The van der Waals surface area contributed by atoms with Crippen LogP contribution in [-0.2, 0) is 13.5 Å². The summed E-state index contributed by atoms with van der Waals surface area (Å²) >= 11 is 5.55. The van der Waals surface area contributed by atoms with Crippen molar-refractivity contribution in [1.29, 1.82) is 0 Å². The van der Waals surface area contributed by atoms with Gasteiger partial charge in [-0.25, -0.2) is 0 Å². The van der Waals surface area contributed by atoms with Gasteiger partial charge in [0, 0.05) is 13.1 Å². The van der Waals surface area contributed by atoms with Crippen LogP contribution in [-0.4, -0.2) is 19.3 Å². The second-order valence-corrected chi connectivity index (χ2v) is 6.09. The third-order valence-corrected chi connectivity index (χ3v) is 4.89. The maximum Gasteiger partial charge on any atom is 0.179 e. The highest BCUT2D eigenvalue weighted by atomic mass is 32.1. The number of aromatic amines is 1. The Morgan fingerprint density at radius 3 is 2.74 bits per heavy atom. The minimum Gasteiger partial charge on any atom is -0.328 e. The molecule has 0 aliphatic heterocycles. The van der Waals surface area contributed by atoms with Gasteiger partial charge in [0.05, 0.1) is 5.69 Å². The monoisotopic (exact) mass is 278 g/mol. The molecule has 2 heterocycles. The Balaban J connectivity index is 2.14. The van der Waals surface area contributed by atoms with E-state index < -0.39 is 0 Å². The predicted molar refractivity (Wildman–Crippen MR) is 79.9 cm³/mol. The number of nitrogens with one attached hydrogen (secondary N) is 1. The summed E-state index contributed by atoms with van der Waals surface area (Å²) in [5, 5.41) is 4.60. The van der Waals surface area contributed by atoms with E-state index in [1.807, 2.05) is 11.7 Å². The summed E-state index contributed by atoms with van der Waals surface area (Å²) < 4.78 is 5.11. The van der Waals surface area contributed by atoms with Crippen molar-refractivity contribution in [1.82, 2.24) is 19.3 Å². The molecule has 1 N–H and O–H groups in total. The van der Waals surface area contributed by atoms with Crippen molar-refractivity contribution >= 4 is 23.4 Å². The van der Waals surface area contributed by atoms with Crippen molar-refractivity contribution in [3.05, 3.63) is 10.5 Å². The van der Waals surface area contributed by atoms with Crippen LogP contribution in [0.15, 0.2) is 0 Å². The lowest BCUT2D eigenvalue weighted by Gasteiger charge is -2.21. The van der Waals surface area contributed by atoms with Gasteiger partial charge in [-0.05, 0) is 44.3 Å². The van der Waals surface area contributed by atoms with Crippen LogP contribution in [0, 0.1) is 10.7 Å². The molecule has 0 amide bonds. The number of rotatable bonds is 3. The lowest BCUT2D eigenvalue weighted by Crippen LogP contribution is -2.15. The van der Waals surface area contributed by atoms with Gasteiger partial charge in [0.2, 0.25) is 0 Å². The highest BCUT2D eigenvalue weighted by Crippen LogP contribution is 2.36. The molecular formula is C14H22N4S. The van der Waals surface area contributed by atoms with Gasteiger partial charge in [0.25, 0.3) is 0 Å². The number of aryl methyl sites for hydroxylation is 2. The number of hydrogen-bond acceptors (Lipinski definition) is 2. The zero-order valence-electron chi connectivity index (χ0n) is 11.9. The van der Waals surface area contributed by atoms with Crippen LogP contribution >= 0.6 is 12.2 Å². The van der Waals surface area contributed by atoms with Gasteiger partial charge >= 0.3 is 0 Å². The number of imidazole rings is 1. The van der Waals surface area contributed by atoms with Crippen LogP contribution in [0.2, 0.25) is 0 Å². The van der Waals surface area contributed by atoms with Gasteiger partial charge in [0.15, 0.2) is 10.4 Å². The summed E-state index contributed by atoms with van der Waals surface area (Å²) in [6.45, 7) is 4.44. The zero-order chi connectivity index (χ0) is 13.6. The molecule has 104 valence electrons. The quantitative estimate of drug-likeness (QED) is 0.868. The fourth-order valence-corrected chi connectivity index (χ4v) is 3.87. The Bertz CT molecular complexity index is 642. The summed E-state index contributed by atoms with van der Waals surface area (Å²) in [6.07, 6.45) is 6.32. The van der Waals surface area contributed by atoms with E-state index >= 15 is 0 Å². The van der Waals surface area contributed by atoms with Gasteiger partial charge in [-0.2, -0.15) is 5.10 Å². The average molecular weight is 278 g/mol. The first-order valence-corrected chi connectivity index (χ1v) is 7.70. The summed E-state index contributed by atoms with van der Waals surface area (Å²) in [5.41, 5.74) is 3.39. The molecule has 1 aliphatic carbocycles. The van der Waals surface area contributed by atoms with E-state index in [2.05, 4.69) is 28.5 Å². The Kier molecular flexibility index (Phi) is 3.25. The molecule has 0 saturated heterocycles. The molecule has 19 heavy (non-hydrogen) atoms. The van der Waals surface area contributed by atoms with E-state index in [1.54, 1.807) is 0 Å². The molecule has 4 nitrogen and oxygen atoms in total. The van der Waals surface area contributed by atoms with E-state index in [-0.39, 0.29) is 0 Å². The Labute approximate surface area is 118 Å². The van der Waals surface area contributed by atoms with Crippen molar-refractivity contribution in [3.8, 4) is 0 Å². The fraction of sp³-hybridized carbons (Fsp3) is 0.714. The largest absolute Gasteiger partial charge is 0.328 e. The minimum atomic E-state index is 0.462. The summed E-state index contributed by atoms with van der Waals surface area (Å²) in [7, 11) is 2.02. The van der Waals surface area contributed by atoms with Crippen molar-refractivity contribution in [3.63, 3.8) is 0 Å². The molecule has 3 rings (SSSR count). The molecule has 2 aromatic rings.